The van der Waals surface area contributed by atoms with E-state index in [1.165, 1.54) is 19.3 Å². The van der Waals surface area contributed by atoms with Gasteiger partial charge in [0.05, 0.1) is 5.60 Å². The molecule has 0 spiro atoms. The summed E-state index contributed by atoms with van der Waals surface area (Å²) in [6.45, 7) is 3.81. The van der Waals surface area contributed by atoms with E-state index in [0.717, 1.165) is 19.3 Å². The molecule has 0 fully saturated rings. The topological polar surface area (TPSA) is 20.2 Å². The Bertz CT molecular complexity index is 200. The molecule has 0 radical (unpaired) electrons. The Kier molecular flexibility index (Phi) is 8.66. The van der Waals surface area contributed by atoms with Crippen LogP contribution in [0, 0.1) is 0 Å². The van der Waals surface area contributed by atoms with Crippen LogP contribution < -0.4 is 0 Å². The number of hydrogen-bond donors (Lipinski definition) is 1. The summed E-state index contributed by atoms with van der Waals surface area (Å²) >= 11 is 0. The smallest absolute Gasteiger partial charge is 0.389 e. The first-order valence-electron chi connectivity index (χ1n) is 7.06. The van der Waals surface area contributed by atoms with Crippen molar-refractivity contribution in [2.45, 2.75) is 89.8 Å². The maximum absolute atomic E-state index is 12.0. The van der Waals surface area contributed by atoms with Gasteiger partial charge >= 0.3 is 6.18 Å². The first-order chi connectivity index (χ1) is 8.27. The molecule has 0 amide bonds. The first-order valence-corrected chi connectivity index (χ1v) is 7.06. The number of alkyl halides is 3. The molecule has 18 heavy (non-hydrogen) atoms. The molecule has 1 unspecified atom stereocenters. The number of unbranched alkanes of at least 4 members (excludes halogenated alkanes) is 5. The second kappa shape index (κ2) is 8.78. The van der Waals surface area contributed by atoms with Gasteiger partial charge in [0.25, 0.3) is 0 Å². The monoisotopic (exact) mass is 268 g/mol. The van der Waals surface area contributed by atoms with E-state index in [4.69, 9.17) is 0 Å². The average molecular weight is 268 g/mol. The molecule has 110 valence electrons. The Hall–Kier alpha value is -0.250. The SMILES string of the molecule is CCCCCCCCC(C)(O)CCCC(F)(F)F. The van der Waals surface area contributed by atoms with Crippen molar-refractivity contribution >= 4 is 0 Å². The Morgan fingerprint density at radius 2 is 1.28 bits per heavy atom. The summed E-state index contributed by atoms with van der Waals surface area (Å²) in [5.74, 6) is 0. The van der Waals surface area contributed by atoms with Crippen molar-refractivity contribution in [2.24, 2.45) is 0 Å². The van der Waals surface area contributed by atoms with Gasteiger partial charge in [-0.15, -0.1) is 0 Å². The van der Waals surface area contributed by atoms with Gasteiger partial charge in [-0.3, -0.25) is 0 Å². The summed E-state index contributed by atoms with van der Waals surface area (Å²) in [4.78, 5) is 0. The zero-order valence-electron chi connectivity index (χ0n) is 11.7. The van der Waals surface area contributed by atoms with Gasteiger partial charge in [-0.1, -0.05) is 45.4 Å². The minimum absolute atomic E-state index is 0.0202. The van der Waals surface area contributed by atoms with E-state index in [-0.39, 0.29) is 12.8 Å². The predicted molar refractivity (Wildman–Crippen MR) is 68.5 cm³/mol. The molecule has 0 aromatic carbocycles. The van der Waals surface area contributed by atoms with Crippen molar-refractivity contribution in [3.05, 3.63) is 0 Å². The van der Waals surface area contributed by atoms with Gasteiger partial charge in [0.2, 0.25) is 0 Å². The average Bonchev–Trinajstić information content (AvgIpc) is 2.21. The standard InChI is InChI=1S/C14H27F3O/c1-3-4-5-6-7-8-10-13(2,18)11-9-12-14(15,16)17/h18H,3-12H2,1-2H3. The summed E-state index contributed by atoms with van der Waals surface area (Å²) in [5.41, 5.74) is -0.935. The van der Waals surface area contributed by atoms with Crippen LogP contribution in [0.2, 0.25) is 0 Å². The third-order valence-electron chi connectivity index (χ3n) is 3.24. The largest absolute Gasteiger partial charge is 0.390 e. The highest BCUT2D eigenvalue weighted by Crippen LogP contribution is 2.27. The van der Waals surface area contributed by atoms with Gasteiger partial charge in [0.15, 0.2) is 0 Å². The van der Waals surface area contributed by atoms with Crippen LogP contribution in [0.3, 0.4) is 0 Å². The fraction of sp³-hybridized carbons (Fsp3) is 1.00. The van der Waals surface area contributed by atoms with E-state index >= 15 is 0 Å². The number of aliphatic hydroxyl groups is 1. The van der Waals surface area contributed by atoms with Gasteiger partial charge < -0.3 is 5.11 Å². The molecule has 0 aliphatic rings. The van der Waals surface area contributed by atoms with Crippen molar-refractivity contribution in [1.29, 1.82) is 0 Å². The summed E-state index contributed by atoms with van der Waals surface area (Å²) < 4.78 is 35.9. The Morgan fingerprint density at radius 3 is 1.83 bits per heavy atom. The molecule has 0 aliphatic heterocycles. The van der Waals surface area contributed by atoms with E-state index in [2.05, 4.69) is 6.92 Å². The van der Waals surface area contributed by atoms with Gasteiger partial charge in [0, 0.05) is 6.42 Å². The molecule has 0 heterocycles. The second-order valence-corrected chi connectivity index (χ2v) is 5.48. The van der Waals surface area contributed by atoms with E-state index in [1.54, 1.807) is 6.92 Å². The molecular formula is C14H27F3O. The molecule has 0 saturated carbocycles. The fourth-order valence-corrected chi connectivity index (χ4v) is 2.08. The van der Waals surface area contributed by atoms with Crippen molar-refractivity contribution in [3.8, 4) is 0 Å². The lowest BCUT2D eigenvalue weighted by molar-refractivity contribution is -0.137. The summed E-state index contributed by atoms with van der Waals surface area (Å²) in [6, 6.07) is 0. The highest BCUT2D eigenvalue weighted by atomic mass is 19.4. The predicted octanol–water partition coefficient (Wildman–Crippen LogP) is 5.22. The molecule has 1 N–H and O–H groups in total. The molecule has 4 heteroatoms. The van der Waals surface area contributed by atoms with Gasteiger partial charge in [-0.25, -0.2) is 0 Å². The van der Waals surface area contributed by atoms with Gasteiger partial charge in [0.1, 0.15) is 0 Å². The van der Waals surface area contributed by atoms with Crippen LogP contribution in [-0.4, -0.2) is 16.9 Å². The summed E-state index contributed by atoms with van der Waals surface area (Å²) in [7, 11) is 0. The Balaban J connectivity index is 3.55. The third kappa shape index (κ3) is 12.2. The maximum atomic E-state index is 12.0. The van der Waals surface area contributed by atoms with Crippen molar-refractivity contribution in [3.63, 3.8) is 0 Å². The zero-order chi connectivity index (χ0) is 14.1. The quantitative estimate of drug-likeness (QED) is 0.538. The summed E-state index contributed by atoms with van der Waals surface area (Å²) in [6.07, 6.45) is 2.76. The van der Waals surface area contributed by atoms with Crippen LogP contribution in [-0.2, 0) is 0 Å². The molecular weight excluding hydrogens is 241 g/mol. The normalized spacial score (nSPS) is 15.7. The minimum Gasteiger partial charge on any atom is -0.390 e. The molecule has 0 rings (SSSR count). The van der Waals surface area contributed by atoms with Crippen LogP contribution in [0.15, 0.2) is 0 Å². The molecule has 0 aromatic heterocycles. The van der Waals surface area contributed by atoms with Crippen LogP contribution in [0.25, 0.3) is 0 Å². The number of hydrogen-bond acceptors (Lipinski definition) is 1. The maximum Gasteiger partial charge on any atom is 0.389 e. The molecule has 0 bridgehead atoms. The lowest BCUT2D eigenvalue weighted by Crippen LogP contribution is -2.24. The molecule has 0 aromatic rings. The van der Waals surface area contributed by atoms with E-state index in [1.807, 2.05) is 0 Å². The van der Waals surface area contributed by atoms with Crippen LogP contribution in [0.5, 0.6) is 0 Å². The van der Waals surface area contributed by atoms with E-state index in [9.17, 15) is 18.3 Å². The Labute approximate surface area is 109 Å². The Morgan fingerprint density at radius 1 is 0.778 bits per heavy atom. The molecule has 1 nitrogen and oxygen atoms in total. The summed E-state index contributed by atoms with van der Waals surface area (Å²) in [5, 5.41) is 9.95. The highest BCUT2D eigenvalue weighted by Gasteiger charge is 2.28. The second-order valence-electron chi connectivity index (χ2n) is 5.48. The van der Waals surface area contributed by atoms with Crippen molar-refractivity contribution < 1.29 is 18.3 Å². The van der Waals surface area contributed by atoms with Crippen LogP contribution in [0.4, 0.5) is 13.2 Å². The lowest BCUT2D eigenvalue weighted by atomic mass is 9.92. The first kappa shape index (κ1) is 17.8. The van der Waals surface area contributed by atoms with Crippen LogP contribution in [0.1, 0.15) is 78.1 Å². The van der Waals surface area contributed by atoms with Crippen molar-refractivity contribution in [2.75, 3.05) is 0 Å². The lowest BCUT2D eigenvalue weighted by Gasteiger charge is -2.23. The van der Waals surface area contributed by atoms with E-state index in [0.29, 0.717) is 6.42 Å². The highest BCUT2D eigenvalue weighted by molar-refractivity contribution is 4.73. The molecule has 0 saturated heterocycles. The number of halogens is 3. The fourth-order valence-electron chi connectivity index (χ4n) is 2.08. The van der Waals surface area contributed by atoms with Gasteiger partial charge in [-0.05, 0) is 26.2 Å². The van der Waals surface area contributed by atoms with Crippen LogP contribution >= 0.6 is 0 Å². The third-order valence-corrected chi connectivity index (χ3v) is 3.24. The van der Waals surface area contributed by atoms with Gasteiger partial charge in [-0.2, -0.15) is 13.2 Å². The molecule has 0 aliphatic carbocycles. The molecule has 1 atom stereocenters. The number of rotatable bonds is 10. The minimum atomic E-state index is -4.10. The zero-order valence-corrected chi connectivity index (χ0v) is 11.7. The van der Waals surface area contributed by atoms with E-state index < -0.39 is 18.2 Å². The van der Waals surface area contributed by atoms with Crippen molar-refractivity contribution in [1.82, 2.24) is 0 Å².